The van der Waals surface area contributed by atoms with Crippen LogP contribution >= 0.6 is 0 Å². The van der Waals surface area contributed by atoms with Crippen molar-refractivity contribution in [3.8, 4) is 0 Å². The minimum atomic E-state index is -3.62. The summed E-state index contributed by atoms with van der Waals surface area (Å²) in [5.74, 6) is 0.309. The van der Waals surface area contributed by atoms with Gasteiger partial charge in [-0.3, -0.25) is 9.40 Å². The van der Waals surface area contributed by atoms with E-state index in [1.807, 2.05) is 38.1 Å². The van der Waals surface area contributed by atoms with Crippen molar-refractivity contribution in [3.05, 3.63) is 77.5 Å². The van der Waals surface area contributed by atoms with Crippen molar-refractivity contribution in [2.75, 3.05) is 4.72 Å². The molecular weight excluding hydrogens is 322 g/mol. The summed E-state index contributed by atoms with van der Waals surface area (Å²) in [5.41, 5.74) is 3.33. The van der Waals surface area contributed by atoms with Gasteiger partial charge >= 0.3 is 0 Å². The van der Waals surface area contributed by atoms with Crippen LogP contribution in [0.1, 0.15) is 16.7 Å². The van der Waals surface area contributed by atoms with Gasteiger partial charge in [-0.1, -0.05) is 42.0 Å². The fourth-order valence-electron chi connectivity index (χ4n) is 2.38. The SMILES string of the molecule is Cc1ccc(S(=O)(=O)Nc2ccn(Cc3ccccc3C)n2)cc1. The fourth-order valence-corrected chi connectivity index (χ4v) is 3.38. The Morgan fingerprint density at radius 3 is 2.42 bits per heavy atom. The zero-order valence-electron chi connectivity index (χ0n) is 13.6. The summed E-state index contributed by atoms with van der Waals surface area (Å²) in [6, 6.07) is 16.4. The van der Waals surface area contributed by atoms with E-state index in [0.717, 1.165) is 11.1 Å². The van der Waals surface area contributed by atoms with Crippen molar-refractivity contribution >= 4 is 15.8 Å². The molecule has 2 aromatic carbocycles. The van der Waals surface area contributed by atoms with Gasteiger partial charge in [0.1, 0.15) is 0 Å². The van der Waals surface area contributed by atoms with E-state index in [0.29, 0.717) is 12.4 Å². The molecule has 0 unspecified atom stereocenters. The summed E-state index contributed by atoms with van der Waals surface area (Å²) in [6.45, 7) is 4.55. The highest BCUT2D eigenvalue weighted by Gasteiger charge is 2.15. The van der Waals surface area contributed by atoms with Crippen molar-refractivity contribution in [3.63, 3.8) is 0 Å². The summed E-state index contributed by atoms with van der Waals surface area (Å²) < 4.78 is 29.0. The van der Waals surface area contributed by atoms with E-state index in [1.54, 1.807) is 41.2 Å². The van der Waals surface area contributed by atoms with Gasteiger partial charge in [0.25, 0.3) is 10.0 Å². The molecule has 124 valence electrons. The van der Waals surface area contributed by atoms with Crippen LogP contribution in [-0.2, 0) is 16.6 Å². The minimum absolute atomic E-state index is 0.224. The molecular formula is C18H19N3O2S. The molecule has 0 aliphatic heterocycles. The smallest absolute Gasteiger partial charge is 0.263 e. The molecule has 1 heterocycles. The lowest BCUT2D eigenvalue weighted by Gasteiger charge is -2.07. The van der Waals surface area contributed by atoms with E-state index in [1.165, 1.54) is 5.56 Å². The van der Waals surface area contributed by atoms with Gasteiger partial charge in [0.15, 0.2) is 5.82 Å². The standard InChI is InChI=1S/C18H19N3O2S/c1-14-7-9-17(10-8-14)24(22,23)20-18-11-12-21(19-18)13-16-6-4-3-5-15(16)2/h3-12H,13H2,1-2H3,(H,19,20). The second kappa shape index (κ2) is 6.49. The molecule has 0 radical (unpaired) electrons. The van der Waals surface area contributed by atoms with E-state index in [-0.39, 0.29) is 4.90 Å². The molecule has 3 aromatic rings. The number of anilines is 1. The van der Waals surface area contributed by atoms with Crippen LogP contribution in [0, 0.1) is 13.8 Å². The van der Waals surface area contributed by atoms with Crippen LogP contribution < -0.4 is 4.72 Å². The van der Waals surface area contributed by atoms with Gasteiger partial charge in [0, 0.05) is 12.3 Å². The lowest BCUT2D eigenvalue weighted by molar-refractivity contribution is 0.600. The van der Waals surface area contributed by atoms with Crippen LogP contribution in [0.3, 0.4) is 0 Å². The van der Waals surface area contributed by atoms with Crippen molar-refractivity contribution in [1.82, 2.24) is 9.78 Å². The van der Waals surface area contributed by atoms with Crippen LogP contribution in [0.25, 0.3) is 0 Å². The molecule has 0 aliphatic carbocycles. The number of hydrogen-bond donors (Lipinski definition) is 1. The first-order chi connectivity index (χ1) is 11.4. The highest BCUT2D eigenvalue weighted by atomic mass is 32.2. The van der Waals surface area contributed by atoms with Gasteiger partial charge < -0.3 is 0 Å². The summed E-state index contributed by atoms with van der Waals surface area (Å²) in [7, 11) is -3.62. The Balaban J connectivity index is 1.76. The van der Waals surface area contributed by atoms with Crippen LogP contribution in [0.15, 0.2) is 65.7 Å². The molecule has 0 atom stereocenters. The average molecular weight is 341 g/mol. The Labute approximate surface area is 142 Å². The first kappa shape index (κ1) is 16.3. The Morgan fingerprint density at radius 1 is 1.00 bits per heavy atom. The average Bonchev–Trinajstić information content (AvgIpc) is 2.96. The molecule has 1 N–H and O–H groups in total. The van der Waals surface area contributed by atoms with Crippen LogP contribution in [0.2, 0.25) is 0 Å². The molecule has 3 rings (SSSR count). The lowest BCUT2D eigenvalue weighted by Crippen LogP contribution is -2.13. The van der Waals surface area contributed by atoms with Crippen molar-refractivity contribution in [2.45, 2.75) is 25.3 Å². The third-order valence-electron chi connectivity index (χ3n) is 3.80. The zero-order valence-corrected chi connectivity index (χ0v) is 14.4. The van der Waals surface area contributed by atoms with Crippen LogP contribution in [-0.4, -0.2) is 18.2 Å². The fraction of sp³-hybridized carbons (Fsp3) is 0.167. The summed E-state index contributed by atoms with van der Waals surface area (Å²) in [6.07, 6.45) is 1.76. The van der Waals surface area contributed by atoms with Crippen LogP contribution in [0.4, 0.5) is 5.82 Å². The Morgan fingerprint density at radius 2 is 1.71 bits per heavy atom. The van der Waals surface area contributed by atoms with E-state index < -0.39 is 10.0 Å². The summed E-state index contributed by atoms with van der Waals surface area (Å²) >= 11 is 0. The zero-order chi connectivity index (χ0) is 17.2. The number of rotatable bonds is 5. The molecule has 24 heavy (non-hydrogen) atoms. The second-order valence-electron chi connectivity index (χ2n) is 5.74. The van der Waals surface area contributed by atoms with Gasteiger partial charge in [0.2, 0.25) is 0 Å². The number of sulfonamides is 1. The number of hydrogen-bond acceptors (Lipinski definition) is 3. The predicted octanol–water partition coefficient (Wildman–Crippen LogP) is 3.35. The van der Waals surface area contributed by atoms with E-state index in [4.69, 9.17) is 0 Å². The molecule has 0 saturated heterocycles. The highest BCUT2D eigenvalue weighted by Crippen LogP contribution is 2.16. The molecule has 0 amide bonds. The van der Waals surface area contributed by atoms with Crippen molar-refractivity contribution in [1.29, 1.82) is 0 Å². The first-order valence-corrected chi connectivity index (χ1v) is 9.10. The quantitative estimate of drug-likeness (QED) is 0.774. The molecule has 6 heteroatoms. The van der Waals surface area contributed by atoms with Gasteiger partial charge in [-0.25, -0.2) is 8.42 Å². The van der Waals surface area contributed by atoms with Crippen molar-refractivity contribution < 1.29 is 8.42 Å². The molecule has 0 bridgehead atoms. The summed E-state index contributed by atoms with van der Waals surface area (Å²) in [5, 5.41) is 4.30. The second-order valence-corrected chi connectivity index (χ2v) is 7.43. The minimum Gasteiger partial charge on any atom is -0.266 e. The topological polar surface area (TPSA) is 64.0 Å². The monoisotopic (exact) mass is 341 g/mol. The molecule has 0 saturated carbocycles. The maximum Gasteiger partial charge on any atom is 0.263 e. The van der Waals surface area contributed by atoms with E-state index >= 15 is 0 Å². The van der Waals surface area contributed by atoms with Gasteiger partial charge in [0.05, 0.1) is 11.4 Å². The molecule has 0 aliphatic rings. The number of nitrogens with zero attached hydrogens (tertiary/aromatic N) is 2. The molecule has 1 aromatic heterocycles. The third kappa shape index (κ3) is 3.65. The van der Waals surface area contributed by atoms with Crippen molar-refractivity contribution in [2.24, 2.45) is 0 Å². The van der Waals surface area contributed by atoms with E-state index in [2.05, 4.69) is 9.82 Å². The van der Waals surface area contributed by atoms with Gasteiger partial charge in [-0.05, 0) is 37.1 Å². The maximum absolute atomic E-state index is 12.4. The third-order valence-corrected chi connectivity index (χ3v) is 5.18. The molecule has 0 fully saturated rings. The van der Waals surface area contributed by atoms with Gasteiger partial charge in [-0.2, -0.15) is 5.10 Å². The predicted molar refractivity (Wildman–Crippen MR) is 94.5 cm³/mol. The number of benzene rings is 2. The normalized spacial score (nSPS) is 11.4. The summed E-state index contributed by atoms with van der Waals surface area (Å²) in [4.78, 5) is 0.224. The maximum atomic E-state index is 12.4. The Hall–Kier alpha value is -2.60. The molecule has 0 spiro atoms. The Bertz CT molecular complexity index is 944. The largest absolute Gasteiger partial charge is 0.266 e. The number of aromatic nitrogens is 2. The highest BCUT2D eigenvalue weighted by molar-refractivity contribution is 7.92. The lowest BCUT2D eigenvalue weighted by atomic mass is 10.1. The van der Waals surface area contributed by atoms with Gasteiger partial charge in [-0.15, -0.1) is 0 Å². The number of aryl methyl sites for hydroxylation is 2. The number of nitrogens with one attached hydrogen (secondary N) is 1. The molecule has 5 nitrogen and oxygen atoms in total. The van der Waals surface area contributed by atoms with Crippen LogP contribution in [0.5, 0.6) is 0 Å². The Kier molecular flexibility index (Phi) is 4.40. The first-order valence-electron chi connectivity index (χ1n) is 7.61. The van der Waals surface area contributed by atoms with E-state index in [9.17, 15) is 8.42 Å².